The van der Waals surface area contributed by atoms with E-state index in [0.717, 1.165) is 121 Å². The average Bonchev–Trinajstić information content (AvgIpc) is 3.04. The molecule has 0 spiro atoms. The molecule has 0 fully saturated rings. The number of hydrogen-bond donors (Lipinski definition) is 2. The Balaban J connectivity index is 2.17. The summed E-state index contributed by atoms with van der Waals surface area (Å²) in [7, 11) is -4.95. The summed E-state index contributed by atoms with van der Waals surface area (Å²) >= 11 is 0. The molecule has 0 bridgehead atoms. The van der Waals surface area contributed by atoms with Gasteiger partial charge in [-0.15, -0.1) is 0 Å². The van der Waals surface area contributed by atoms with Crippen molar-refractivity contribution in [3.63, 3.8) is 0 Å². The van der Waals surface area contributed by atoms with Gasteiger partial charge >= 0.3 is 262 Å². The first-order valence-corrected chi connectivity index (χ1v) is 18.9. The van der Waals surface area contributed by atoms with E-state index in [-0.39, 0.29) is 0 Å². The van der Waals surface area contributed by atoms with Crippen molar-refractivity contribution in [1.82, 2.24) is 0 Å². The van der Waals surface area contributed by atoms with Gasteiger partial charge in [0.05, 0.1) is 0 Å². The molecule has 2 N–H and O–H groups in total. The van der Waals surface area contributed by atoms with Gasteiger partial charge in [0.1, 0.15) is 0 Å². The second-order valence-corrected chi connectivity index (χ2v) is 15.7. The molecule has 0 radical (unpaired) electrons. The Hall–Kier alpha value is -2.77. The summed E-state index contributed by atoms with van der Waals surface area (Å²) in [6.45, 7) is 8.85. The zero-order valence-corrected chi connectivity index (χ0v) is 27.9. The third-order valence-electron chi connectivity index (χ3n) is 8.89. The molecule has 0 atom stereocenters. The normalized spacial score (nSPS) is 12.7. The maximum atomic E-state index is 14.0. The van der Waals surface area contributed by atoms with E-state index >= 15 is 0 Å². The van der Waals surface area contributed by atoms with E-state index in [2.05, 4.69) is 88.4 Å². The molecule has 0 heterocycles. The Bertz CT molecular complexity index is 1340. The Morgan fingerprint density at radius 3 is 1.21 bits per heavy atom. The molecule has 230 valence electrons. The standard InChI is InChI=1S/C40H53O2P/c1-5-9-19-33-25-16-26-34(20-10-6-2)39(33)43(41,42,38-30-18-29-37(31-38)32-23-14-13-15-24-32)40-35(21-11-7-3)27-17-28-36(40)22-12-8-4/h13-18,23-31,41-42H,5-12,19-22H2,1-4H3. The van der Waals surface area contributed by atoms with Gasteiger partial charge in [0.2, 0.25) is 0 Å². The van der Waals surface area contributed by atoms with Crippen molar-refractivity contribution in [3.05, 3.63) is 113 Å². The fourth-order valence-electron chi connectivity index (χ4n) is 6.60. The molecule has 2 nitrogen and oxygen atoms in total. The third-order valence-corrected chi connectivity index (χ3v) is 13.0. The van der Waals surface area contributed by atoms with Crippen LogP contribution < -0.4 is 15.9 Å². The predicted molar refractivity (Wildman–Crippen MR) is 189 cm³/mol. The Labute approximate surface area is 261 Å². The summed E-state index contributed by atoms with van der Waals surface area (Å²) in [5.41, 5.74) is 6.46. The van der Waals surface area contributed by atoms with Crippen molar-refractivity contribution in [2.45, 2.75) is 105 Å². The third kappa shape index (κ3) is 7.15. The van der Waals surface area contributed by atoms with Crippen molar-refractivity contribution in [1.29, 1.82) is 0 Å². The molecule has 0 aliphatic heterocycles. The van der Waals surface area contributed by atoms with E-state index in [1.54, 1.807) is 0 Å². The van der Waals surface area contributed by atoms with Crippen LogP contribution in [0, 0.1) is 0 Å². The Morgan fingerprint density at radius 2 is 0.814 bits per heavy atom. The molecule has 3 heteroatoms. The van der Waals surface area contributed by atoms with E-state index < -0.39 is 7.06 Å². The van der Waals surface area contributed by atoms with Gasteiger partial charge in [0.25, 0.3) is 0 Å². The molecule has 0 unspecified atom stereocenters. The van der Waals surface area contributed by atoms with Crippen molar-refractivity contribution >= 4 is 23.0 Å². The van der Waals surface area contributed by atoms with Crippen LogP contribution in [0.5, 0.6) is 0 Å². The minimum absolute atomic E-state index is 0.649. The van der Waals surface area contributed by atoms with Crippen LogP contribution in [0.25, 0.3) is 11.1 Å². The number of rotatable bonds is 16. The fourth-order valence-corrected chi connectivity index (χ4v) is 11.0. The van der Waals surface area contributed by atoms with Crippen LogP contribution >= 0.6 is 7.06 Å². The first kappa shape index (κ1) is 33.1. The van der Waals surface area contributed by atoms with Gasteiger partial charge in [-0.3, -0.25) is 0 Å². The zero-order chi connectivity index (χ0) is 30.7. The summed E-state index contributed by atoms with van der Waals surface area (Å²) in [4.78, 5) is 27.9. The van der Waals surface area contributed by atoms with Crippen molar-refractivity contribution < 1.29 is 9.79 Å². The molecule has 4 rings (SSSR count). The molecular weight excluding hydrogens is 543 g/mol. The maximum absolute atomic E-state index is 14.0. The van der Waals surface area contributed by atoms with Gasteiger partial charge < -0.3 is 0 Å². The van der Waals surface area contributed by atoms with E-state index in [1.165, 1.54) is 0 Å². The zero-order valence-electron chi connectivity index (χ0n) is 27.0. The molecule has 0 saturated carbocycles. The molecular formula is C40H53O2P. The van der Waals surface area contributed by atoms with Crippen LogP contribution in [0.2, 0.25) is 0 Å². The van der Waals surface area contributed by atoms with Crippen LogP contribution in [0.3, 0.4) is 0 Å². The molecule has 0 aliphatic rings. The van der Waals surface area contributed by atoms with Crippen LogP contribution in [0.4, 0.5) is 0 Å². The summed E-state index contributed by atoms with van der Waals surface area (Å²) in [6.07, 6.45) is 11.6. The quantitative estimate of drug-likeness (QED) is 0.127. The van der Waals surface area contributed by atoms with Crippen LogP contribution in [-0.4, -0.2) is 9.79 Å². The monoisotopic (exact) mass is 596 g/mol. The SMILES string of the molecule is CCCCc1cccc(CCCC)c1P(O)(O)(c1cccc(-c2ccccc2)c1)c1c(CCCC)cccc1CCCC. The van der Waals surface area contributed by atoms with Gasteiger partial charge in [-0.2, -0.15) is 0 Å². The van der Waals surface area contributed by atoms with Crippen molar-refractivity contribution in [3.8, 4) is 11.1 Å². The number of hydrogen-bond acceptors (Lipinski definition) is 2. The molecule has 4 aromatic carbocycles. The molecule has 0 aromatic heterocycles. The number of benzene rings is 4. The van der Waals surface area contributed by atoms with E-state index in [9.17, 15) is 9.79 Å². The summed E-state index contributed by atoms with van der Waals surface area (Å²) in [5.74, 6) is 0. The van der Waals surface area contributed by atoms with Crippen molar-refractivity contribution in [2.75, 3.05) is 0 Å². The van der Waals surface area contributed by atoms with E-state index in [0.29, 0.717) is 5.30 Å². The summed E-state index contributed by atoms with van der Waals surface area (Å²) < 4.78 is 0. The van der Waals surface area contributed by atoms with Gasteiger partial charge in [-0.05, 0) is 0 Å². The average molecular weight is 597 g/mol. The summed E-state index contributed by atoms with van der Waals surface area (Å²) in [6, 6.07) is 31.4. The second-order valence-electron chi connectivity index (χ2n) is 12.2. The number of aryl methyl sites for hydroxylation is 4. The fraction of sp³-hybridized carbons (Fsp3) is 0.400. The topological polar surface area (TPSA) is 40.5 Å². The molecule has 0 aliphatic carbocycles. The predicted octanol–water partition coefficient (Wildman–Crippen LogP) is 9.37. The number of unbranched alkanes of at least 4 members (excludes halogenated alkanes) is 4. The minimum atomic E-state index is -4.95. The van der Waals surface area contributed by atoms with Crippen LogP contribution in [0.15, 0.2) is 91.0 Å². The Morgan fingerprint density at radius 1 is 0.442 bits per heavy atom. The molecule has 43 heavy (non-hydrogen) atoms. The van der Waals surface area contributed by atoms with E-state index in [1.807, 2.05) is 30.3 Å². The van der Waals surface area contributed by atoms with Gasteiger partial charge in [-0.25, -0.2) is 0 Å². The van der Waals surface area contributed by atoms with Gasteiger partial charge in [0.15, 0.2) is 0 Å². The van der Waals surface area contributed by atoms with Gasteiger partial charge in [-0.1, -0.05) is 0 Å². The molecule has 0 amide bonds. The van der Waals surface area contributed by atoms with Crippen LogP contribution in [0.1, 0.15) is 101 Å². The van der Waals surface area contributed by atoms with E-state index in [4.69, 9.17) is 0 Å². The first-order chi connectivity index (χ1) is 20.9. The first-order valence-electron chi connectivity index (χ1n) is 16.8. The van der Waals surface area contributed by atoms with Crippen molar-refractivity contribution in [2.24, 2.45) is 0 Å². The van der Waals surface area contributed by atoms with Crippen LogP contribution in [-0.2, 0) is 25.7 Å². The molecule has 4 aromatic rings. The van der Waals surface area contributed by atoms with Gasteiger partial charge in [0, 0.05) is 0 Å². The Kier molecular flexibility index (Phi) is 11.8. The molecule has 0 saturated heterocycles. The summed E-state index contributed by atoms with van der Waals surface area (Å²) in [5, 5.41) is 2.26. The second kappa shape index (κ2) is 15.3.